The van der Waals surface area contributed by atoms with Crippen LogP contribution >= 0.6 is 0 Å². The first-order valence-corrected chi connectivity index (χ1v) is 5.94. The van der Waals surface area contributed by atoms with Crippen LogP contribution in [0.3, 0.4) is 0 Å². The Labute approximate surface area is 92.7 Å². The Morgan fingerprint density at radius 2 is 2.20 bits per heavy atom. The summed E-state index contributed by atoms with van der Waals surface area (Å²) in [6.07, 6.45) is 7.13. The Kier molecular flexibility index (Phi) is 5.03. The highest BCUT2D eigenvalue weighted by molar-refractivity contribution is 5.82. The summed E-state index contributed by atoms with van der Waals surface area (Å²) in [5.74, 6) is 0.451. The molecule has 15 heavy (non-hydrogen) atoms. The third kappa shape index (κ3) is 3.78. The van der Waals surface area contributed by atoms with Gasteiger partial charge in [-0.15, -0.1) is 6.58 Å². The molecular formula is C13H22O2. The lowest BCUT2D eigenvalue weighted by molar-refractivity contribution is -0.143. The van der Waals surface area contributed by atoms with Gasteiger partial charge in [0.1, 0.15) is 5.78 Å². The zero-order chi connectivity index (χ0) is 11.3. The van der Waals surface area contributed by atoms with E-state index in [0.717, 1.165) is 25.7 Å². The number of allylic oxidation sites excluding steroid dienone is 1. The molecule has 1 rings (SSSR count). The molecule has 0 aromatic rings. The predicted octanol–water partition coefficient (Wildman–Crippen LogP) is 3.12. The van der Waals surface area contributed by atoms with Gasteiger partial charge in [0.2, 0.25) is 0 Å². The van der Waals surface area contributed by atoms with Gasteiger partial charge in [0, 0.05) is 12.3 Å². The average molecular weight is 210 g/mol. The number of rotatable bonds is 5. The zero-order valence-corrected chi connectivity index (χ0v) is 9.87. The molecule has 0 N–H and O–H groups in total. The molecule has 0 bridgehead atoms. The minimum atomic E-state index is 0.0879. The number of hydrogen-bond acceptors (Lipinski definition) is 2. The van der Waals surface area contributed by atoms with Crippen LogP contribution in [-0.4, -0.2) is 18.0 Å². The van der Waals surface area contributed by atoms with Gasteiger partial charge >= 0.3 is 0 Å². The van der Waals surface area contributed by atoms with E-state index in [1.54, 1.807) is 0 Å². The maximum Gasteiger partial charge on any atom is 0.140 e. The normalized spacial score (nSPS) is 31.6. The molecule has 1 heterocycles. The van der Waals surface area contributed by atoms with Gasteiger partial charge in [-0.2, -0.15) is 0 Å². The van der Waals surface area contributed by atoms with E-state index in [1.165, 1.54) is 0 Å². The summed E-state index contributed by atoms with van der Waals surface area (Å²) in [5, 5.41) is 0. The first-order chi connectivity index (χ1) is 7.15. The molecule has 2 heteroatoms. The molecule has 1 aliphatic heterocycles. The molecular weight excluding hydrogens is 188 g/mol. The number of ketones is 1. The number of hydrogen-bond donors (Lipinski definition) is 0. The molecule has 0 unspecified atom stereocenters. The monoisotopic (exact) mass is 210 g/mol. The lowest BCUT2D eigenvalue weighted by atomic mass is 9.89. The van der Waals surface area contributed by atoms with Crippen LogP contribution in [0.4, 0.5) is 0 Å². The maximum absolute atomic E-state index is 11.6. The summed E-state index contributed by atoms with van der Waals surface area (Å²) in [6.45, 7) is 7.68. The first-order valence-electron chi connectivity index (χ1n) is 5.94. The van der Waals surface area contributed by atoms with E-state index in [0.29, 0.717) is 12.2 Å². The average Bonchev–Trinajstić information content (AvgIpc) is 2.19. The van der Waals surface area contributed by atoms with Crippen molar-refractivity contribution in [3.8, 4) is 0 Å². The minimum Gasteiger partial charge on any atom is -0.374 e. The van der Waals surface area contributed by atoms with E-state index in [-0.39, 0.29) is 18.1 Å². The molecule has 1 fully saturated rings. The highest BCUT2D eigenvalue weighted by atomic mass is 16.5. The molecule has 2 nitrogen and oxygen atoms in total. The second kappa shape index (κ2) is 6.06. The Morgan fingerprint density at radius 3 is 2.87 bits per heavy atom. The van der Waals surface area contributed by atoms with Crippen molar-refractivity contribution in [2.24, 2.45) is 5.92 Å². The fourth-order valence-corrected chi connectivity index (χ4v) is 2.09. The van der Waals surface area contributed by atoms with Gasteiger partial charge in [-0.1, -0.05) is 19.4 Å². The van der Waals surface area contributed by atoms with Crippen LogP contribution in [0.5, 0.6) is 0 Å². The van der Waals surface area contributed by atoms with Crippen molar-refractivity contribution in [2.45, 2.75) is 58.2 Å². The predicted molar refractivity (Wildman–Crippen MR) is 61.8 cm³/mol. The number of ether oxygens (including phenoxy) is 1. The molecule has 0 aliphatic carbocycles. The van der Waals surface area contributed by atoms with Crippen molar-refractivity contribution in [3.05, 3.63) is 12.7 Å². The molecule has 0 saturated carbocycles. The summed E-state index contributed by atoms with van der Waals surface area (Å²) in [5.41, 5.74) is 0. The van der Waals surface area contributed by atoms with Gasteiger partial charge in [0.25, 0.3) is 0 Å². The highest BCUT2D eigenvalue weighted by Gasteiger charge is 2.31. The van der Waals surface area contributed by atoms with E-state index in [4.69, 9.17) is 4.74 Å². The summed E-state index contributed by atoms with van der Waals surface area (Å²) < 4.78 is 5.80. The summed E-state index contributed by atoms with van der Waals surface area (Å²) >= 11 is 0. The van der Waals surface area contributed by atoms with Crippen molar-refractivity contribution in [1.82, 2.24) is 0 Å². The minimum absolute atomic E-state index is 0.0879. The zero-order valence-electron chi connectivity index (χ0n) is 9.87. The van der Waals surface area contributed by atoms with Crippen molar-refractivity contribution in [1.29, 1.82) is 0 Å². The maximum atomic E-state index is 11.6. The number of carbonyl (C=O) groups is 1. The van der Waals surface area contributed by atoms with Gasteiger partial charge in [-0.3, -0.25) is 4.79 Å². The lowest BCUT2D eigenvalue weighted by Crippen LogP contribution is -2.38. The largest absolute Gasteiger partial charge is 0.374 e. The van der Waals surface area contributed by atoms with Crippen LogP contribution < -0.4 is 0 Å². The van der Waals surface area contributed by atoms with Crippen LogP contribution in [0.1, 0.15) is 46.0 Å². The van der Waals surface area contributed by atoms with Crippen molar-refractivity contribution in [3.63, 3.8) is 0 Å². The first kappa shape index (κ1) is 12.4. The topological polar surface area (TPSA) is 26.3 Å². The van der Waals surface area contributed by atoms with E-state index in [1.807, 2.05) is 19.9 Å². The standard InChI is InChI=1S/C13H22O2/c1-4-5-6-7-8-13-11(3)12(14)9-10(2)15-13/h4,10-11,13H,1,5-9H2,2-3H3/t10-,11+,13+/m1/s1. The van der Waals surface area contributed by atoms with Gasteiger partial charge in [-0.05, 0) is 26.2 Å². The van der Waals surface area contributed by atoms with Crippen LogP contribution in [-0.2, 0) is 9.53 Å². The fourth-order valence-electron chi connectivity index (χ4n) is 2.09. The van der Waals surface area contributed by atoms with Crippen molar-refractivity contribution >= 4 is 5.78 Å². The molecule has 0 aromatic heterocycles. The Hall–Kier alpha value is -0.630. The third-order valence-electron chi connectivity index (χ3n) is 3.11. The van der Waals surface area contributed by atoms with E-state index in [2.05, 4.69) is 6.58 Å². The Balaban J connectivity index is 2.32. The SMILES string of the molecule is C=CCCCC[C@@H]1O[C@H](C)CC(=O)[C@@H]1C. The highest BCUT2D eigenvalue weighted by Crippen LogP contribution is 2.25. The summed E-state index contributed by atoms with van der Waals surface area (Å²) in [6, 6.07) is 0. The second-order valence-electron chi connectivity index (χ2n) is 4.52. The Morgan fingerprint density at radius 1 is 1.47 bits per heavy atom. The summed E-state index contributed by atoms with van der Waals surface area (Å²) in [7, 11) is 0. The van der Waals surface area contributed by atoms with Crippen LogP contribution in [0.25, 0.3) is 0 Å². The van der Waals surface area contributed by atoms with Gasteiger partial charge in [-0.25, -0.2) is 0 Å². The van der Waals surface area contributed by atoms with Crippen LogP contribution in [0, 0.1) is 5.92 Å². The van der Waals surface area contributed by atoms with Gasteiger partial charge < -0.3 is 4.74 Å². The summed E-state index contributed by atoms with van der Waals surface area (Å²) in [4.78, 5) is 11.6. The molecule has 3 atom stereocenters. The number of Topliss-reactive ketones (excluding diaryl/α,β-unsaturated/α-hetero) is 1. The smallest absolute Gasteiger partial charge is 0.140 e. The Bertz CT molecular complexity index is 223. The van der Waals surface area contributed by atoms with Gasteiger partial charge in [0.15, 0.2) is 0 Å². The van der Waals surface area contributed by atoms with E-state index < -0.39 is 0 Å². The molecule has 0 spiro atoms. The molecule has 1 saturated heterocycles. The third-order valence-corrected chi connectivity index (χ3v) is 3.11. The quantitative estimate of drug-likeness (QED) is 0.515. The van der Waals surface area contributed by atoms with Gasteiger partial charge in [0.05, 0.1) is 12.2 Å². The molecule has 86 valence electrons. The molecule has 1 aliphatic rings. The number of carbonyl (C=O) groups excluding carboxylic acids is 1. The molecule has 0 amide bonds. The van der Waals surface area contributed by atoms with Crippen LogP contribution in [0.2, 0.25) is 0 Å². The number of unbranched alkanes of at least 4 members (excludes halogenated alkanes) is 2. The fraction of sp³-hybridized carbons (Fsp3) is 0.769. The van der Waals surface area contributed by atoms with Crippen molar-refractivity contribution in [2.75, 3.05) is 0 Å². The van der Waals surface area contributed by atoms with E-state index >= 15 is 0 Å². The second-order valence-corrected chi connectivity index (χ2v) is 4.52. The lowest BCUT2D eigenvalue weighted by Gasteiger charge is -2.32. The van der Waals surface area contributed by atoms with Crippen LogP contribution in [0.15, 0.2) is 12.7 Å². The van der Waals surface area contributed by atoms with Crippen molar-refractivity contribution < 1.29 is 9.53 Å². The van der Waals surface area contributed by atoms with E-state index in [9.17, 15) is 4.79 Å². The molecule has 0 radical (unpaired) electrons. The molecule has 0 aromatic carbocycles.